The monoisotopic (exact) mass is 387 g/mol. The smallest absolute Gasteiger partial charge is 0.180 e. The fourth-order valence-corrected chi connectivity index (χ4v) is 5.17. The van der Waals surface area contributed by atoms with E-state index in [0.717, 1.165) is 18.7 Å². The van der Waals surface area contributed by atoms with Crippen LogP contribution in [0.2, 0.25) is 0 Å². The molecule has 2 nitrogen and oxygen atoms in total. The van der Waals surface area contributed by atoms with Crippen molar-refractivity contribution in [3.05, 3.63) is 18.7 Å². The molecule has 0 radical (unpaired) electrons. The fraction of sp³-hybridized carbons (Fsp3) is 0.286. The third kappa shape index (κ3) is 1.38. The zero-order valence-corrected chi connectivity index (χ0v) is 11.8. The Kier molecular flexibility index (Phi) is 2.70. The van der Waals surface area contributed by atoms with Gasteiger partial charge in [0.05, 0.1) is 18.4 Å². The standard InChI is InChI=1S/C7H4Br3NOS/c8-3-4(11)1-2(5(3)12)7(10)13-6(1)9/h3-4H,11H2. The molecule has 2 N–H and O–H groups in total. The number of nitrogens with two attached hydrogens (primary N) is 1. The maximum atomic E-state index is 11.7. The molecule has 1 aliphatic carbocycles. The zero-order valence-electron chi connectivity index (χ0n) is 6.18. The van der Waals surface area contributed by atoms with Gasteiger partial charge in [0.1, 0.15) is 0 Å². The van der Waals surface area contributed by atoms with E-state index < -0.39 is 0 Å². The molecule has 6 heteroatoms. The lowest BCUT2D eigenvalue weighted by atomic mass is 10.2. The number of carbonyl (C=O) groups is 1. The summed E-state index contributed by atoms with van der Waals surface area (Å²) in [5.74, 6) is 0.0660. The fourth-order valence-electron chi connectivity index (χ4n) is 1.36. The van der Waals surface area contributed by atoms with E-state index >= 15 is 0 Å². The van der Waals surface area contributed by atoms with Crippen molar-refractivity contribution >= 4 is 64.9 Å². The second kappa shape index (κ2) is 3.41. The van der Waals surface area contributed by atoms with Gasteiger partial charge in [-0.1, -0.05) is 15.9 Å². The molecule has 1 heterocycles. The van der Waals surface area contributed by atoms with Crippen LogP contribution in [-0.4, -0.2) is 10.6 Å². The summed E-state index contributed by atoms with van der Waals surface area (Å²) in [5, 5.41) is 0. The molecule has 2 atom stereocenters. The second-order valence-corrected chi connectivity index (χ2v) is 7.37. The van der Waals surface area contributed by atoms with Crippen LogP contribution in [0.15, 0.2) is 7.57 Å². The van der Waals surface area contributed by atoms with Crippen molar-refractivity contribution in [1.82, 2.24) is 0 Å². The maximum absolute atomic E-state index is 11.7. The van der Waals surface area contributed by atoms with Crippen molar-refractivity contribution in [3.8, 4) is 0 Å². The summed E-state index contributed by atoms with van der Waals surface area (Å²) in [6, 6.07) is -0.237. The first-order valence-electron chi connectivity index (χ1n) is 3.45. The van der Waals surface area contributed by atoms with Gasteiger partial charge in [-0.15, -0.1) is 11.3 Å². The van der Waals surface area contributed by atoms with Crippen molar-refractivity contribution in [1.29, 1.82) is 0 Å². The van der Waals surface area contributed by atoms with E-state index in [9.17, 15) is 4.79 Å². The molecule has 1 aromatic heterocycles. The molecule has 0 saturated carbocycles. The maximum Gasteiger partial charge on any atom is 0.180 e. The summed E-state index contributed by atoms with van der Waals surface area (Å²) >= 11 is 11.5. The quantitative estimate of drug-likeness (QED) is 0.692. The summed E-state index contributed by atoms with van der Waals surface area (Å²) in [7, 11) is 0. The third-order valence-corrected chi connectivity index (χ3v) is 5.57. The molecule has 0 bridgehead atoms. The Hall–Kier alpha value is 0.770. The minimum Gasteiger partial charge on any atom is -0.323 e. The van der Waals surface area contributed by atoms with Gasteiger partial charge in [-0.05, 0) is 31.9 Å². The summed E-state index contributed by atoms with van der Waals surface area (Å²) in [6.45, 7) is 0. The summed E-state index contributed by atoms with van der Waals surface area (Å²) < 4.78 is 1.80. The number of rotatable bonds is 0. The molecule has 70 valence electrons. The highest BCUT2D eigenvalue weighted by Gasteiger charge is 2.40. The summed E-state index contributed by atoms with van der Waals surface area (Å²) in [4.78, 5) is 11.4. The number of Topliss-reactive ketones (excluding diaryl/α,β-unsaturated/α-hetero) is 1. The van der Waals surface area contributed by atoms with Crippen LogP contribution < -0.4 is 5.73 Å². The van der Waals surface area contributed by atoms with Crippen LogP contribution in [0.3, 0.4) is 0 Å². The molecule has 0 amide bonds. The van der Waals surface area contributed by atoms with Gasteiger partial charge < -0.3 is 5.73 Å². The van der Waals surface area contributed by atoms with E-state index in [1.165, 1.54) is 11.3 Å². The summed E-state index contributed by atoms with van der Waals surface area (Å²) in [5.41, 5.74) is 7.53. The van der Waals surface area contributed by atoms with Crippen LogP contribution >= 0.6 is 59.1 Å². The molecule has 2 unspecified atom stereocenters. The van der Waals surface area contributed by atoms with Gasteiger partial charge in [0, 0.05) is 11.1 Å². The molecule has 0 saturated heterocycles. The Labute approximate surface area is 104 Å². The Morgan fingerprint density at radius 1 is 1.31 bits per heavy atom. The molecule has 0 aliphatic heterocycles. The molecule has 0 spiro atoms. The summed E-state index contributed by atoms with van der Waals surface area (Å²) in [6.07, 6.45) is 0. The van der Waals surface area contributed by atoms with Crippen LogP contribution in [0.4, 0.5) is 0 Å². The van der Waals surface area contributed by atoms with Gasteiger partial charge in [0.25, 0.3) is 0 Å². The van der Waals surface area contributed by atoms with Crippen LogP contribution in [0, 0.1) is 0 Å². The van der Waals surface area contributed by atoms with Crippen LogP contribution in [0.1, 0.15) is 22.0 Å². The Balaban J connectivity index is 2.68. The Morgan fingerprint density at radius 3 is 2.46 bits per heavy atom. The van der Waals surface area contributed by atoms with Crippen LogP contribution in [-0.2, 0) is 0 Å². The van der Waals surface area contributed by atoms with E-state index in [1.54, 1.807) is 0 Å². The number of carbonyl (C=O) groups excluding carboxylic acids is 1. The van der Waals surface area contributed by atoms with Gasteiger partial charge in [0.15, 0.2) is 5.78 Å². The number of ketones is 1. The SMILES string of the molecule is NC1c2c(Br)sc(Br)c2C(=O)C1Br. The number of alkyl halides is 1. The van der Waals surface area contributed by atoms with Crippen molar-refractivity contribution in [3.63, 3.8) is 0 Å². The topological polar surface area (TPSA) is 43.1 Å². The van der Waals surface area contributed by atoms with Crippen LogP contribution in [0.5, 0.6) is 0 Å². The number of hydrogen-bond acceptors (Lipinski definition) is 3. The van der Waals surface area contributed by atoms with Gasteiger partial charge in [-0.2, -0.15) is 0 Å². The lowest BCUT2D eigenvalue weighted by Gasteiger charge is -2.06. The van der Waals surface area contributed by atoms with Crippen molar-refractivity contribution in [2.24, 2.45) is 5.73 Å². The van der Waals surface area contributed by atoms with E-state index in [0.29, 0.717) is 0 Å². The lowest BCUT2D eigenvalue weighted by Crippen LogP contribution is -2.20. The van der Waals surface area contributed by atoms with E-state index in [-0.39, 0.29) is 16.7 Å². The van der Waals surface area contributed by atoms with Crippen molar-refractivity contribution in [2.45, 2.75) is 10.9 Å². The number of fused-ring (bicyclic) bond motifs is 1. The molecule has 2 rings (SSSR count). The highest BCUT2D eigenvalue weighted by molar-refractivity contribution is 9.12. The Morgan fingerprint density at radius 2 is 1.92 bits per heavy atom. The highest BCUT2D eigenvalue weighted by Crippen LogP contribution is 2.47. The van der Waals surface area contributed by atoms with Crippen molar-refractivity contribution < 1.29 is 4.79 Å². The molecule has 1 aromatic rings. The second-order valence-electron chi connectivity index (χ2n) is 2.73. The minimum absolute atomic E-state index is 0.0660. The average Bonchev–Trinajstić information content (AvgIpc) is 2.47. The van der Waals surface area contributed by atoms with Crippen LogP contribution in [0.25, 0.3) is 0 Å². The van der Waals surface area contributed by atoms with Gasteiger partial charge in [0.2, 0.25) is 0 Å². The number of thiophene rings is 1. The first-order valence-corrected chi connectivity index (χ1v) is 6.77. The zero-order chi connectivity index (χ0) is 9.75. The molecular formula is C7H4Br3NOS. The average molecular weight is 390 g/mol. The molecule has 1 aliphatic rings. The predicted molar refractivity (Wildman–Crippen MR) is 63.7 cm³/mol. The van der Waals surface area contributed by atoms with E-state index in [2.05, 4.69) is 47.8 Å². The largest absolute Gasteiger partial charge is 0.323 e. The van der Waals surface area contributed by atoms with Gasteiger partial charge in [-0.3, -0.25) is 4.79 Å². The molecule has 0 fully saturated rings. The van der Waals surface area contributed by atoms with Crippen molar-refractivity contribution in [2.75, 3.05) is 0 Å². The highest BCUT2D eigenvalue weighted by atomic mass is 79.9. The first-order chi connectivity index (χ1) is 6.04. The predicted octanol–water partition coefficient (Wildman–Crippen LogP) is 3.23. The van der Waals surface area contributed by atoms with Gasteiger partial charge in [-0.25, -0.2) is 0 Å². The number of halogens is 3. The third-order valence-electron chi connectivity index (χ3n) is 2.00. The Bertz CT molecular complexity index is 389. The van der Waals surface area contributed by atoms with Gasteiger partial charge >= 0.3 is 0 Å². The molecule has 0 aromatic carbocycles. The molecular weight excluding hydrogens is 386 g/mol. The lowest BCUT2D eigenvalue weighted by molar-refractivity contribution is 0.0997. The number of hydrogen-bond donors (Lipinski definition) is 1. The normalized spacial score (nSPS) is 26.6. The van der Waals surface area contributed by atoms with E-state index in [1.807, 2.05) is 0 Å². The van der Waals surface area contributed by atoms with E-state index in [4.69, 9.17) is 5.73 Å². The first kappa shape index (κ1) is 10.3. The minimum atomic E-state index is -0.279. The molecule has 13 heavy (non-hydrogen) atoms.